The molecule has 7 heteroatoms. The minimum atomic E-state index is -0.687. The van der Waals surface area contributed by atoms with Gasteiger partial charge in [0, 0.05) is 23.4 Å². The van der Waals surface area contributed by atoms with Crippen molar-refractivity contribution in [1.82, 2.24) is 4.98 Å². The topological polar surface area (TPSA) is 79.0 Å². The zero-order valence-electron chi connectivity index (χ0n) is 12.8. The maximum atomic E-state index is 13.1. The standard InChI is InChI=1S/C17H14ClFN2O3/c1-8-4-14-10(15(22)5-8)7-11(17(24)21-14)16(23)20-9-2-3-13(19)12(18)6-9/h2-3,6-8H,4-5H2,1H3,(H,20,23)(H,21,24). The zero-order valence-corrected chi connectivity index (χ0v) is 13.5. The van der Waals surface area contributed by atoms with Gasteiger partial charge in [0.2, 0.25) is 0 Å². The highest BCUT2D eigenvalue weighted by Crippen LogP contribution is 2.24. The Kier molecular flexibility index (Phi) is 4.24. The largest absolute Gasteiger partial charge is 0.325 e. The first-order valence-corrected chi connectivity index (χ1v) is 7.78. The molecule has 0 aliphatic heterocycles. The van der Waals surface area contributed by atoms with Crippen LogP contribution in [0.25, 0.3) is 0 Å². The maximum absolute atomic E-state index is 13.1. The number of aromatic nitrogens is 1. The number of benzene rings is 1. The summed E-state index contributed by atoms with van der Waals surface area (Å²) in [5.74, 6) is -1.24. The van der Waals surface area contributed by atoms with Gasteiger partial charge in [-0.3, -0.25) is 14.4 Å². The van der Waals surface area contributed by atoms with Crippen molar-refractivity contribution >= 4 is 29.0 Å². The SMILES string of the molecule is CC1CC(=O)c2cc(C(=O)Nc3ccc(F)c(Cl)c3)c(=O)[nH]c2C1. The molecular formula is C17H14ClFN2O3. The van der Waals surface area contributed by atoms with E-state index in [4.69, 9.17) is 11.6 Å². The van der Waals surface area contributed by atoms with E-state index in [0.717, 1.165) is 6.07 Å². The molecule has 1 aromatic carbocycles. The quantitative estimate of drug-likeness (QED) is 0.874. The minimum Gasteiger partial charge on any atom is -0.325 e. The van der Waals surface area contributed by atoms with Crippen LogP contribution < -0.4 is 10.9 Å². The van der Waals surface area contributed by atoms with Crippen molar-refractivity contribution in [3.05, 3.63) is 62.3 Å². The van der Waals surface area contributed by atoms with Gasteiger partial charge < -0.3 is 10.3 Å². The van der Waals surface area contributed by atoms with Gasteiger partial charge in [-0.15, -0.1) is 0 Å². The fraction of sp³-hybridized carbons (Fsp3) is 0.235. The number of carbonyl (C=O) groups excluding carboxylic acids is 2. The molecule has 2 N–H and O–H groups in total. The van der Waals surface area contributed by atoms with Crippen LogP contribution in [0.1, 0.15) is 39.8 Å². The van der Waals surface area contributed by atoms with Crippen molar-refractivity contribution in [3.8, 4) is 0 Å². The number of hydrogen-bond donors (Lipinski definition) is 2. The maximum Gasteiger partial charge on any atom is 0.261 e. The number of ketones is 1. The lowest BCUT2D eigenvalue weighted by Gasteiger charge is -2.20. The van der Waals surface area contributed by atoms with Crippen LogP contribution in [0.3, 0.4) is 0 Å². The van der Waals surface area contributed by atoms with Gasteiger partial charge in [-0.1, -0.05) is 18.5 Å². The Morgan fingerprint density at radius 2 is 2.04 bits per heavy atom. The Morgan fingerprint density at radius 3 is 2.75 bits per heavy atom. The third kappa shape index (κ3) is 3.10. The zero-order chi connectivity index (χ0) is 17.4. The number of Topliss-reactive ketones (excluding diaryl/α,β-unsaturated/α-hetero) is 1. The van der Waals surface area contributed by atoms with Crippen LogP contribution in [0, 0.1) is 11.7 Å². The fourth-order valence-electron chi connectivity index (χ4n) is 2.77. The second-order valence-electron chi connectivity index (χ2n) is 5.92. The summed E-state index contributed by atoms with van der Waals surface area (Å²) in [5, 5.41) is 2.33. The molecule has 0 bridgehead atoms. The highest BCUT2D eigenvalue weighted by atomic mass is 35.5. The Morgan fingerprint density at radius 1 is 1.29 bits per heavy atom. The minimum absolute atomic E-state index is 0.0983. The van der Waals surface area contributed by atoms with E-state index in [0.29, 0.717) is 24.1 Å². The summed E-state index contributed by atoms with van der Waals surface area (Å²) in [6, 6.07) is 5.01. The monoisotopic (exact) mass is 348 g/mol. The van der Waals surface area contributed by atoms with Crippen LogP contribution >= 0.6 is 11.6 Å². The van der Waals surface area contributed by atoms with Crippen molar-refractivity contribution in [2.75, 3.05) is 5.32 Å². The van der Waals surface area contributed by atoms with E-state index in [1.54, 1.807) is 0 Å². The second-order valence-corrected chi connectivity index (χ2v) is 6.33. The van der Waals surface area contributed by atoms with Gasteiger partial charge >= 0.3 is 0 Å². The van der Waals surface area contributed by atoms with Crippen LogP contribution in [0.4, 0.5) is 10.1 Å². The molecule has 1 aliphatic carbocycles. The number of halogens is 2. The van der Waals surface area contributed by atoms with Gasteiger partial charge in [-0.05, 0) is 36.6 Å². The van der Waals surface area contributed by atoms with Crippen LogP contribution in [0.2, 0.25) is 5.02 Å². The first-order chi connectivity index (χ1) is 11.3. The number of hydrogen-bond acceptors (Lipinski definition) is 3. The molecule has 24 heavy (non-hydrogen) atoms. The molecule has 124 valence electrons. The molecule has 0 radical (unpaired) electrons. The third-order valence-corrected chi connectivity index (χ3v) is 4.22. The Balaban J connectivity index is 1.93. The van der Waals surface area contributed by atoms with E-state index in [1.165, 1.54) is 18.2 Å². The van der Waals surface area contributed by atoms with E-state index in [2.05, 4.69) is 10.3 Å². The summed E-state index contributed by atoms with van der Waals surface area (Å²) in [4.78, 5) is 39.2. The Labute approximate surface area is 141 Å². The summed E-state index contributed by atoms with van der Waals surface area (Å²) in [6.45, 7) is 1.93. The number of pyridine rings is 1. The predicted octanol–water partition coefficient (Wildman–Crippen LogP) is 3.18. The first-order valence-electron chi connectivity index (χ1n) is 7.41. The predicted molar refractivity (Wildman–Crippen MR) is 88.2 cm³/mol. The van der Waals surface area contributed by atoms with Gasteiger partial charge in [-0.25, -0.2) is 4.39 Å². The highest BCUT2D eigenvalue weighted by molar-refractivity contribution is 6.31. The molecule has 1 aromatic heterocycles. The number of fused-ring (bicyclic) bond motifs is 1. The van der Waals surface area contributed by atoms with Crippen molar-refractivity contribution in [1.29, 1.82) is 0 Å². The van der Waals surface area contributed by atoms with Crippen LogP contribution in [0.15, 0.2) is 29.1 Å². The van der Waals surface area contributed by atoms with Crippen molar-refractivity contribution in [3.63, 3.8) is 0 Å². The number of amides is 1. The smallest absolute Gasteiger partial charge is 0.261 e. The fourth-order valence-corrected chi connectivity index (χ4v) is 2.95. The Hall–Kier alpha value is -2.47. The molecule has 1 heterocycles. The van der Waals surface area contributed by atoms with Gasteiger partial charge in [0.1, 0.15) is 11.4 Å². The molecule has 1 atom stereocenters. The molecular weight excluding hydrogens is 335 g/mol. The number of carbonyl (C=O) groups is 2. The summed E-state index contributed by atoms with van der Waals surface area (Å²) in [6.07, 6.45) is 0.972. The Bertz CT molecular complexity index is 907. The number of rotatable bonds is 2. The molecule has 2 aromatic rings. The lowest BCUT2D eigenvalue weighted by molar-refractivity contribution is 0.0952. The van der Waals surface area contributed by atoms with Crippen LogP contribution in [-0.4, -0.2) is 16.7 Å². The average Bonchev–Trinajstić information content (AvgIpc) is 2.50. The molecule has 0 fully saturated rings. The number of aromatic amines is 1. The van der Waals surface area contributed by atoms with E-state index in [1.807, 2.05) is 6.92 Å². The molecule has 1 unspecified atom stereocenters. The molecule has 3 rings (SSSR count). The van der Waals surface area contributed by atoms with Gasteiger partial charge in [0.15, 0.2) is 5.78 Å². The normalized spacial score (nSPS) is 16.6. The van der Waals surface area contributed by atoms with E-state index < -0.39 is 17.3 Å². The molecule has 0 saturated heterocycles. The summed E-state index contributed by atoms with van der Waals surface area (Å²) >= 11 is 5.66. The summed E-state index contributed by atoms with van der Waals surface area (Å²) in [5.41, 5.74) is 0.446. The van der Waals surface area contributed by atoms with Crippen LogP contribution in [0.5, 0.6) is 0 Å². The number of anilines is 1. The molecule has 0 spiro atoms. The van der Waals surface area contributed by atoms with E-state index in [-0.39, 0.29) is 28.0 Å². The molecule has 5 nitrogen and oxygen atoms in total. The van der Waals surface area contributed by atoms with Gasteiger partial charge in [-0.2, -0.15) is 0 Å². The lowest BCUT2D eigenvalue weighted by Crippen LogP contribution is -2.29. The van der Waals surface area contributed by atoms with Gasteiger partial charge in [0.25, 0.3) is 11.5 Å². The lowest BCUT2D eigenvalue weighted by atomic mass is 9.86. The summed E-state index contributed by atoms with van der Waals surface area (Å²) < 4.78 is 13.1. The average molecular weight is 349 g/mol. The third-order valence-electron chi connectivity index (χ3n) is 3.93. The van der Waals surface area contributed by atoms with Crippen molar-refractivity contribution in [2.45, 2.75) is 19.8 Å². The molecule has 1 aliphatic rings. The van der Waals surface area contributed by atoms with Crippen molar-refractivity contribution in [2.24, 2.45) is 5.92 Å². The van der Waals surface area contributed by atoms with E-state index in [9.17, 15) is 18.8 Å². The number of H-pyrrole nitrogens is 1. The van der Waals surface area contributed by atoms with Crippen molar-refractivity contribution < 1.29 is 14.0 Å². The van der Waals surface area contributed by atoms with E-state index >= 15 is 0 Å². The summed E-state index contributed by atoms with van der Waals surface area (Å²) in [7, 11) is 0. The highest BCUT2D eigenvalue weighted by Gasteiger charge is 2.25. The first kappa shape index (κ1) is 16.4. The molecule has 0 saturated carbocycles. The number of nitrogens with one attached hydrogen (secondary N) is 2. The second kappa shape index (κ2) is 6.20. The van der Waals surface area contributed by atoms with Crippen LogP contribution in [-0.2, 0) is 6.42 Å². The van der Waals surface area contributed by atoms with Gasteiger partial charge in [0.05, 0.1) is 5.02 Å². The molecule has 1 amide bonds.